The van der Waals surface area contributed by atoms with E-state index in [-0.39, 0.29) is 18.3 Å². The molecule has 0 bridgehead atoms. The standard InChI is InChI=1S/C19H19F2NO3/c1-13(9-15-3-2-4-17(21)10-15)19(25)22(12-18(23)24)11-14-5-7-16(20)8-6-14/h2-8,10,13H,9,11-12H2,1H3,(H,23,24). The van der Waals surface area contributed by atoms with Crippen molar-refractivity contribution in [1.82, 2.24) is 4.90 Å². The van der Waals surface area contributed by atoms with Crippen LogP contribution in [0.5, 0.6) is 0 Å². The van der Waals surface area contributed by atoms with E-state index in [4.69, 9.17) is 5.11 Å². The Morgan fingerprint density at radius 3 is 2.32 bits per heavy atom. The molecule has 2 rings (SSSR count). The average molecular weight is 347 g/mol. The lowest BCUT2D eigenvalue weighted by molar-refractivity contribution is -0.146. The molecule has 6 heteroatoms. The molecule has 4 nitrogen and oxygen atoms in total. The van der Waals surface area contributed by atoms with Gasteiger partial charge >= 0.3 is 5.97 Å². The van der Waals surface area contributed by atoms with E-state index in [0.717, 1.165) is 0 Å². The zero-order valence-electron chi connectivity index (χ0n) is 13.8. The number of aliphatic carboxylic acids is 1. The van der Waals surface area contributed by atoms with Gasteiger partial charge in [0.15, 0.2) is 0 Å². The molecule has 2 aromatic rings. The van der Waals surface area contributed by atoms with Crippen LogP contribution in [0.2, 0.25) is 0 Å². The number of amides is 1. The lowest BCUT2D eigenvalue weighted by atomic mass is 9.99. The van der Waals surface area contributed by atoms with Crippen LogP contribution in [0, 0.1) is 17.6 Å². The van der Waals surface area contributed by atoms with Gasteiger partial charge in [-0.1, -0.05) is 31.2 Å². The predicted molar refractivity (Wildman–Crippen MR) is 88.7 cm³/mol. The number of rotatable bonds is 7. The first kappa shape index (κ1) is 18.6. The molecule has 0 aromatic heterocycles. The molecule has 0 radical (unpaired) electrons. The van der Waals surface area contributed by atoms with Crippen molar-refractivity contribution in [1.29, 1.82) is 0 Å². The summed E-state index contributed by atoms with van der Waals surface area (Å²) in [5.41, 5.74) is 1.30. The van der Waals surface area contributed by atoms with Crippen molar-refractivity contribution in [3.63, 3.8) is 0 Å². The minimum absolute atomic E-state index is 0.0684. The predicted octanol–water partition coefficient (Wildman–Crippen LogP) is 3.26. The maximum atomic E-state index is 13.3. The Labute approximate surface area is 144 Å². The number of benzene rings is 2. The molecule has 0 saturated heterocycles. The molecule has 25 heavy (non-hydrogen) atoms. The highest BCUT2D eigenvalue weighted by Gasteiger charge is 2.23. The Balaban J connectivity index is 2.10. The number of carboxylic acids is 1. The van der Waals surface area contributed by atoms with Gasteiger partial charge < -0.3 is 10.0 Å². The van der Waals surface area contributed by atoms with Gasteiger partial charge in [-0.25, -0.2) is 8.78 Å². The fourth-order valence-corrected chi connectivity index (χ4v) is 2.60. The SMILES string of the molecule is CC(Cc1cccc(F)c1)C(=O)N(CC(=O)O)Cc1ccc(F)cc1. The average Bonchev–Trinajstić information content (AvgIpc) is 2.55. The van der Waals surface area contributed by atoms with Crippen molar-refractivity contribution in [2.75, 3.05) is 6.54 Å². The molecule has 0 spiro atoms. The minimum atomic E-state index is -1.13. The Morgan fingerprint density at radius 2 is 1.72 bits per heavy atom. The third kappa shape index (κ3) is 5.67. The molecule has 1 N–H and O–H groups in total. The van der Waals surface area contributed by atoms with Crippen molar-refractivity contribution in [3.8, 4) is 0 Å². The van der Waals surface area contributed by atoms with Crippen LogP contribution >= 0.6 is 0 Å². The van der Waals surface area contributed by atoms with Crippen molar-refractivity contribution >= 4 is 11.9 Å². The van der Waals surface area contributed by atoms with Gasteiger partial charge in [0.2, 0.25) is 5.91 Å². The second-order valence-corrected chi connectivity index (χ2v) is 5.95. The summed E-state index contributed by atoms with van der Waals surface area (Å²) >= 11 is 0. The molecule has 0 fully saturated rings. The van der Waals surface area contributed by atoms with E-state index < -0.39 is 24.2 Å². The summed E-state index contributed by atoms with van der Waals surface area (Å²) in [6, 6.07) is 11.5. The number of carbonyl (C=O) groups excluding carboxylic acids is 1. The van der Waals surface area contributed by atoms with E-state index in [1.54, 1.807) is 19.1 Å². The largest absolute Gasteiger partial charge is 0.480 e. The summed E-state index contributed by atoms with van der Waals surface area (Å²) in [6.45, 7) is 1.29. The second-order valence-electron chi connectivity index (χ2n) is 5.95. The molecule has 0 aliphatic carbocycles. The molecular formula is C19H19F2NO3. The molecule has 132 valence electrons. The molecule has 1 amide bonds. The smallest absolute Gasteiger partial charge is 0.323 e. The normalized spacial score (nSPS) is 11.8. The third-order valence-electron chi connectivity index (χ3n) is 3.78. The fourth-order valence-electron chi connectivity index (χ4n) is 2.60. The van der Waals surface area contributed by atoms with E-state index in [2.05, 4.69) is 0 Å². The highest BCUT2D eigenvalue weighted by atomic mass is 19.1. The number of nitrogens with zero attached hydrogens (tertiary/aromatic N) is 1. The van der Waals surface area contributed by atoms with Gasteiger partial charge in [-0.2, -0.15) is 0 Å². The summed E-state index contributed by atoms with van der Waals surface area (Å²) < 4.78 is 26.3. The first-order valence-electron chi connectivity index (χ1n) is 7.84. The van der Waals surface area contributed by atoms with Gasteiger partial charge in [0, 0.05) is 12.5 Å². The van der Waals surface area contributed by atoms with Crippen LogP contribution in [0.4, 0.5) is 8.78 Å². The maximum absolute atomic E-state index is 13.3. The van der Waals surface area contributed by atoms with Gasteiger partial charge in [-0.05, 0) is 41.8 Å². The van der Waals surface area contributed by atoms with Gasteiger partial charge in [-0.3, -0.25) is 9.59 Å². The van der Waals surface area contributed by atoms with E-state index in [1.165, 1.54) is 41.3 Å². The van der Waals surface area contributed by atoms with Crippen LogP contribution in [0.15, 0.2) is 48.5 Å². The molecule has 0 saturated carbocycles. The summed E-state index contributed by atoms with van der Waals surface area (Å²) in [5.74, 6) is -2.78. The van der Waals surface area contributed by atoms with Crippen LogP contribution in [-0.2, 0) is 22.6 Å². The molecule has 1 unspecified atom stereocenters. The Kier molecular flexibility index (Phi) is 6.22. The Morgan fingerprint density at radius 1 is 1.04 bits per heavy atom. The number of carbonyl (C=O) groups is 2. The highest BCUT2D eigenvalue weighted by molar-refractivity contribution is 5.83. The van der Waals surface area contributed by atoms with Crippen molar-refractivity contribution < 1.29 is 23.5 Å². The minimum Gasteiger partial charge on any atom is -0.480 e. The topological polar surface area (TPSA) is 57.6 Å². The summed E-state index contributed by atoms with van der Waals surface area (Å²) in [5, 5.41) is 9.06. The van der Waals surface area contributed by atoms with Gasteiger partial charge in [0.05, 0.1) is 0 Å². The Hall–Kier alpha value is -2.76. The Bertz CT molecular complexity index is 747. The fraction of sp³-hybridized carbons (Fsp3) is 0.263. The summed E-state index contributed by atoms with van der Waals surface area (Å²) in [6.07, 6.45) is 0.302. The lowest BCUT2D eigenvalue weighted by Crippen LogP contribution is -2.39. The zero-order chi connectivity index (χ0) is 18.4. The molecule has 1 atom stereocenters. The quantitative estimate of drug-likeness (QED) is 0.836. The van der Waals surface area contributed by atoms with Crippen LogP contribution in [0.1, 0.15) is 18.1 Å². The molecule has 0 aliphatic heterocycles. The van der Waals surface area contributed by atoms with Crippen molar-refractivity contribution in [2.24, 2.45) is 5.92 Å². The van der Waals surface area contributed by atoms with Gasteiger partial charge in [-0.15, -0.1) is 0 Å². The molecular weight excluding hydrogens is 328 g/mol. The van der Waals surface area contributed by atoms with Gasteiger partial charge in [0.1, 0.15) is 18.2 Å². The maximum Gasteiger partial charge on any atom is 0.323 e. The monoisotopic (exact) mass is 347 g/mol. The highest BCUT2D eigenvalue weighted by Crippen LogP contribution is 2.15. The van der Waals surface area contributed by atoms with Crippen LogP contribution in [0.3, 0.4) is 0 Å². The van der Waals surface area contributed by atoms with Crippen LogP contribution in [-0.4, -0.2) is 28.4 Å². The van der Waals surface area contributed by atoms with Crippen molar-refractivity contribution in [3.05, 3.63) is 71.3 Å². The lowest BCUT2D eigenvalue weighted by Gasteiger charge is -2.24. The number of hydrogen-bond acceptors (Lipinski definition) is 2. The van der Waals surface area contributed by atoms with Crippen LogP contribution < -0.4 is 0 Å². The number of halogens is 2. The van der Waals surface area contributed by atoms with Gasteiger partial charge in [0.25, 0.3) is 0 Å². The zero-order valence-corrected chi connectivity index (χ0v) is 13.8. The van der Waals surface area contributed by atoms with E-state index >= 15 is 0 Å². The third-order valence-corrected chi connectivity index (χ3v) is 3.78. The summed E-state index contributed by atoms with van der Waals surface area (Å²) in [4.78, 5) is 24.9. The molecule has 2 aromatic carbocycles. The van der Waals surface area contributed by atoms with Crippen molar-refractivity contribution in [2.45, 2.75) is 19.9 Å². The first-order chi connectivity index (χ1) is 11.8. The van der Waals surface area contributed by atoms with E-state index in [0.29, 0.717) is 17.5 Å². The van der Waals surface area contributed by atoms with Crippen LogP contribution in [0.25, 0.3) is 0 Å². The molecule has 0 aliphatic rings. The summed E-state index contributed by atoms with van der Waals surface area (Å²) in [7, 11) is 0. The van der Waals surface area contributed by atoms with E-state index in [1.807, 2.05) is 0 Å². The van der Waals surface area contributed by atoms with E-state index in [9.17, 15) is 18.4 Å². The number of carboxylic acid groups (broad SMARTS) is 1. The second kappa shape index (κ2) is 8.37. The molecule has 0 heterocycles. The number of hydrogen-bond donors (Lipinski definition) is 1. The first-order valence-corrected chi connectivity index (χ1v) is 7.84.